The smallest absolute Gasteiger partial charge is 0.321 e. The number of halogens is 2. The Hall–Kier alpha value is -2.16. The summed E-state index contributed by atoms with van der Waals surface area (Å²) in [6, 6.07) is 4.28. The molecule has 0 spiro atoms. The molecule has 4 rings (SSSR count). The van der Waals surface area contributed by atoms with Crippen molar-refractivity contribution in [1.82, 2.24) is 19.6 Å². The van der Waals surface area contributed by atoms with Crippen molar-refractivity contribution in [3.05, 3.63) is 46.0 Å². The van der Waals surface area contributed by atoms with Gasteiger partial charge in [0.1, 0.15) is 0 Å². The third-order valence-corrected chi connectivity index (χ3v) is 6.01. The minimum atomic E-state index is -0.609. The van der Waals surface area contributed by atoms with Gasteiger partial charge in [-0.15, -0.1) is 0 Å². The van der Waals surface area contributed by atoms with Gasteiger partial charge in [-0.05, 0) is 25.5 Å². The molecular formula is C21H27ClFN5O2. The molecule has 162 valence electrons. The Morgan fingerprint density at radius 2 is 2.17 bits per heavy atom. The number of nitrogens with zero attached hydrogens (tertiary/aromatic N) is 4. The molecule has 0 bridgehead atoms. The molecule has 3 heterocycles. The lowest BCUT2D eigenvalue weighted by atomic mass is 10.1. The van der Waals surface area contributed by atoms with Gasteiger partial charge in [0, 0.05) is 56.9 Å². The Kier molecular flexibility index (Phi) is 6.55. The first-order chi connectivity index (χ1) is 14.6. The van der Waals surface area contributed by atoms with Gasteiger partial charge < -0.3 is 15.0 Å². The second-order valence-electron chi connectivity index (χ2n) is 7.64. The average molecular weight is 436 g/mol. The van der Waals surface area contributed by atoms with E-state index in [1.165, 1.54) is 23.4 Å². The Morgan fingerprint density at radius 3 is 3.00 bits per heavy atom. The molecule has 9 heteroatoms. The average Bonchev–Trinajstić information content (AvgIpc) is 2.93. The number of carbonyl (C=O) groups excluding carboxylic acids is 1. The van der Waals surface area contributed by atoms with Gasteiger partial charge >= 0.3 is 6.03 Å². The maximum absolute atomic E-state index is 14.1. The van der Waals surface area contributed by atoms with Crippen LogP contribution in [0.15, 0.2) is 18.2 Å². The largest absolute Gasteiger partial charge is 0.376 e. The number of fused-ring (bicyclic) bond motifs is 1. The molecule has 0 aliphatic carbocycles. The second-order valence-corrected chi connectivity index (χ2v) is 8.05. The molecule has 2 aliphatic rings. The molecule has 1 aromatic heterocycles. The molecule has 0 saturated carbocycles. The van der Waals surface area contributed by atoms with E-state index in [1.807, 2.05) is 0 Å². The van der Waals surface area contributed by atoms with E-state index in [1.54, 1.807) is 11.0 Å². The first-order valence-corrected chi connectivity index (χ1v) is 10.8. The van der Waals surface area contributed by atoms with Gasteiger partial charge in [-0.25, -0.2) is 9.18 Å². The van der Waals surface area contributed by atoms with Crippen LogP contribution in [0.4, 0.5) is 14.9 Å². The number of urea groups is 1. The van der Waals surface area contributed by atoms with Gasteiger partial charge in [0.15, 0.2) is 5.82 Å². The topological polar surface area (TPSA) is 62.6 Å². The molecule has 1 N–H and O–H groups in total. The first kappa shape index (κ1) is 21.1. The van der Waals surface area contributed by atoms with Crippen molar-refractivity contribution in [3.8, 4) is 0 Å². The van der Waals surface area contributed by atoms with E-state index in [-0.39, 0.29) is 16.7 Å². The highest BCUT2D eigenvalue weighted by Gasteiger charge is 2.24. The summed E-state index contributed by atoms with van der Waals surface area (Å²) in [5, 5.41) is 7.45. The van der Waals surface area contributed by atoms with E-state index < -0.39 is 5.82 Å². The molecule has 2 aromatic rings. The first-order valence-electron chi connectivity index (χ1n) is 10.4. The van der Waals surface area contributed by atoms with E-state index in [9.17, 15) is 9.18 Å². The predicted molar refractivity (Wildman–Crippen MR) is 113 cm³/mol. The highest BCUT2D eigenvalue weighted by Crippen LogP contribution is 2.24. The Labute approximate surface area is 180 Å². The molecule has 1 saturated heterocycles. The monoisotopic (exact) mass is 435 g/mol. The van der Waals surface area contributed by atoms with Crippen molar-refractivity contribution in [2.24, 2.45) is 0 Å². The fraction of sp³-hybridized carbons (Fsp3) is 0.524. The summed E-state index contributed by atoms with van der Waals surface area (Å²) in [5.74, 6) is -0.609. The van der Waals surface area contributed by atoms with Crippen LogP contribution in [-0.4, -0.2) is 58.4 Å². The van der Waals surface area contributed by atoms with Crippen molar-refractivity contribution in [3.63, 3.8) is 0 Å². The molecule has 1 aromatic carbocycles. The van der Waals surface area contributed by atoms with Crippen LogP contribution in [0.1, 0.15) is 30.3 Å². The van der Waals surface area contributed by atoms with E-state index >= 15 is 0 Å². The molecular weight excluding hydrogens is 409 g/mol. The summed E-state index contributed by atoms with van der Waals surface area (Å²) in [7, 11) is 0. The molecule has 7 nitrogen and oxygen atoms in total. The maximum Gasteiger partial charge on any atom is 0.321 e. The molecule has 0 radical (unpaired) electrons. The number of rotatable bonds is 4. The minimum Gasteiger partial charge on any atom is -0.376 e. The van der Waals surface area contributed by atoms with E-state index in [2.05, 4.69) is 21.8 Å². The van der Waals surface area contributed by atoms with Gasteiger partial charge in [-0.3, -0.25) is 9.58 Å². The van der Waals surface area contributed by atoms with Crippen molar-refractivity contribution >= 4 is 23.3 Å². The van der Waals surface area contributed by atoms with Crippen molar-refractivity contribution in [2.75, 3.05) is 38.1 Å². The summed E-state index contributed by atoms with van der Waals surface area (Å²) in [4.78, 5) is 16.7. The molecule has 2 amide bonds. The number of aromatic nitrogens is 2. The standard InChI is InChI=1S/C21H27ClFN5O2/c1-2-28-19-7-12-30-14-15(19)18(25-28)13-26-8-4-9-27(11-10-26)21(29)24-17-6-3-5-16(22)20(17)23/h3,5-6H,2,4,7-14H2,1H3,(H,24,29). The van der Waals surface area contributed by atoms with Crippen molar-refractivity contribution in [2.45, 2.75) is 39.5 Å². The van der Waals surface area contributed by atoms with Crippen LogP contribution in [0.2, 0.25) is 5.02 Å². The van der Waals surface area contributed by atoms with E-state index in [0.717, 1.165) is 51.3 Å². The Balaban J connectivity index is 1.38. The number of carbonyl (C=O) groups is 1. The summed E-state index contributed by atoms with van der Waals surface area (Å²) in [6.45, 7) is 7.89. The van der Waals surface area contributed by atoms with Gasteiger partial charge in [0.2, 0.25) is 0 Å². The SMILES string of the molecule is CCn1nc(CN2CCCN(C(=O)Nc3cccc(Cl)c3F)CC2)c2c1CCOC2. The van der Waals surface area contributed by atoms with Crippen LogP contribution in [-0.2, 0) is 30.9 Å². The number of hydrogen-bond donors (Lipinski definition) is 1. The zero-order chi connectivity index (χ0) is 21.1. The Morgan fingerprint density at radius 1 is 1.30 bits per heavy atom. The summed E-state index contributed by atoms with van der Waals surface area (Å²) in [6.07, 6.45) is 1.75. The van der Waals surface area contributed by atoms with Crippen LogP contribution in [0, 0.1) is 5.82 Å². The summed E-state index contributed by atoms with van der Waals surface area (Å²) >= 11 is 5.80. The van der Waals surface area contributed by atoms with Gasteiger partial charge in [-0.2, -0.15) is 5.10 Å². The maximum atomic E-state index is 14.1. The number of nitrogens with one attached hydrogen (secondary N) is 1. The number of hydrogen-bond acceptors (Lipinski definition) is 4. The van der Waals surface area contributed by atoms with Crippen LogP contribution in [0.3, 0.4) is 0 Å². The van der Waals surface area contributed by atoms with Crippen LogP contribution < -0.4 is 5.32 Å². The molecule has 1 fully saturated rings. The third-order valence-electron chi connectivity index (χ3n) is 5.72. The van der Waals surface area contributed by atoms with Gasteiger partial charge in [0.25, 0.3) is 0 Å². The minimum absolute atomic E-state index is 0.00586. The normalized spacial score (nSPS) is 17.5. The van der Waals surface area contributed by atoms with Crippen molar-refractivity contribution < 1.29 is 13.9 Å². The molecule has 0 atom stereocenters. The third kappa shape index (κ3) is 4.45. The summed E-state index contributed by atoms with van der Waals surface area (Å²) in [5.41, 5.74) is 3.69. The molecule has 0 unspecified atom stereocenters. The number of anilines is 1. The fourth-order valence-electron chi connectivity index (χ4n) is 4.11. The lowest BCUT2D eigenvalue weighted by Crippen LogP contribution is -2.38. The van der Waals surface area contributed by atoms with Crippen molar-refractivity contribution in [1.29, 1.82) is 0 Å². The zero-order valence-electron chi connectivity index (χ0n) is 17.2. The molecule has 30 heavy (non-hydrogen) atoms. The van der Waals surface area contributed by atoms with Crippen LogP contribution in [0.5, 0.6) is 0 Å². The fourth-order valence-corrected chi connectivity index (χ4v) is 4.28. The van der Waals surface area contributed by atoms with Gasteiger partial charge in [0.05, 0.1) is 29.6 Å². The quantitative estimate of drug-likeness (QED) is 0.798. The second kappa shape index (κ2) is 9.32. The molecule has 2 aliphatic heterocycles. The highest BCUT2D eigenvalue weighted by molar-refractivity contribution is 6.31. The van der Waals surface area contributed by atoms with E-state index in [0.29, 0.717) is 19.7 Å². The number of benzene rings is 1. The van der Waals surface area contributed by atoms with Crippen LogP contribution in [0.25, 0.3) is 0 Å². The lowest BCUT2D eigenvalue weighted by Gasteiger charge is -2.22. The zero-order valence-corrected chi connectivity index (χ0v) is 17.9. The van der Waals surface area contributed by atoms with E-state index in [4.69, 9.17) is 21.4 Å². The lowest BCUT2D eigenvalue weighted by molar-refractivity contribution is 0.107. The van der Waals surface area contributed by atoms with Crippen LogP contribution >= 0.6 is 11.6 Å². The Bertz CT molecular complexity index is 919. The highest BCUT2D eigenvalue weighted by atomic mass is 35.5. The number of aryl methyl sites for hydroxylation is 1. The number of amides is 2. The van der Waals surface area contributed by atoms with Gasteiger partial charge in [-0.1, -0.05) is 17.7 Å². The number of ether oxygens (including phenoxy) is 1. The predicted octanol–water partition coefficient (Wildman–Crippen LogP) is 3.51. The summed E-state index contributed by atoms with van der Waals surface area (Å²) < 4.78 is 21.8.